The minimum Gasteiger partial charge on any atom is -0.396 e. The van der Waals surface area contributed by atoms with Crippen LogP contribution in [0.3, 0.4) is 0 Å². The Kier molecular flexibility index (Phi) is 8.25. The average Bonchev–Trinajstić information content (AvgIpc) is 2.41. The Labute approximate surface area is 117 Å². The first-order chi connectivity index (χ1) is 9.22. The lowest BCUT2D eigenvalue weighted by atomic mass is 10.2. The van der Waals surface area contributed by atoms with E-state index in [0.717, 1.165) is 24.2 Å². The lowest BCUT2D eigenvalue weighted by molar-refractivity contribution is -0.120. The molecule has 3 nitrogen and oxygen atoms in total. The molecular formula is C14H20FNO2S. The zero-order valence-corrected chi connectivity index (χ0v) is 11.7. The zero-order chi connectivity index (χ0) is 13.9. The van der Waals surface area contributed by atoms with E-state index in [1.165, 1.54) is 12.1 Å². The molecule has 19 heavy (non-hydrogen) atoms. The van der Waals surface area contributed by atoms with E-state index in [1.54, 1.807) is 23.9 Å². The van der Waals surface area contributed by atoms with Gasteiger partial charge >= 0.3 is 0 Å². The van der Waals surface area contributed by atoms with Crippen molar-refractivity contribution < 1.29 is 14.3 Å². The number of hydrogen-bond acceptors (Lipinski definition) is 3. The van der Waals surface area contributed by atoms with Crippen molar-refractivity contribution in [3.63, 3.8) is 0 Å². The molecule has 1 amide bonds. The van der Waals surface area contributed by atoms with Crippen LogP contribution in [-0.2, 0) is 4.79 Å². The van der Waals surface area contributed by atoms with Gasteiger partial charge in [0.05, 0.1) is 0 Å². The van der Waals surface area contributed by atoms with Crippen LogP contribution in [0.5, 0.6) is 0 Å². The number of amides is 1. The van der Waals surface area contributed by atoms with Gasteiger partial charge in [0.2, 0.25) is 5.91 Å². The summed E-state index contributed by atoms with van der Waals surface area (Å²) >= 11 is 1.54. The number of benzene rings is 1. The van der Waals surface area contributed by atoms with Crippen molar-refractivity contribution in [1.29, 1.82) is 0 Å². The molecule has 0 radical (unpaired) electrons. The highest BCUT2D eigenvalue weighted by molar-refractivity contribution is 7.99. The van der Waals surface area contributed by atoms with Gasteiger partial charge in [-0.25, -0.2) is 4.39 Å². The summed E-state index contributed by atoms with van der Waals surface area (Å²) in [6.07, 6.45) is 3.08. The number of nitrogens with one attached hydrogen (secondary N) is 1. The van der Waals surface area contributed by atoms with Crippen molar-refractivity contribution in [3.05, 3.63) is 30.1 Å². The van der Waals surface area contributed by atoms with Gasteiger partial charge in [-0.3, -0.25) is 4.79 Å². The van der Waals surface area contributed by atoms with Gasteiger partial charge in [-0.2, -0.15) is 0 Å². The van der Waals surface area contributed by atoms with Crippen LogP contribution in [0.4, 0.5) is 4.39 Å². The molecule has 0 saturated carbocycles. The van der Waals surface area contributed by atoms with Crippen LogP contribution in [0, 0.1) is 5.82 Å². The molecule has 1 rings (SSSR count). The molecule has 0 spiro atoms. The predicted octanol–water partition coefficient (Wildman–Crippen LogP) is 2.59. The van der Waals surface area contributed by atoms with E-state index >= 15 is 0 Å². The van der Waals surface area contributed by atoms with E-state index in [1.807, 2.05) is 0 Å². The summed E-state index contributed by atoms with van der Waals surface area (Å²) in [7, 11) is 0. The fourth-order valence-electron chi connectivity index (χ4n) is 1.52. The maximum absolute atomic E-state index is 12.7. The first-order valence-corrected chi connectivity index (χ1v) is 7.47. The van der Waals surface area contributed by atoms with Crippen LogP contribution >= 0.6 is 11.8 Å². The number of aliphatic hydroxyl groups is 1. The second-order valence-corrected chi connectivity index (χ2v) is 5.35. The predicted molar refractivity (Wildman–Crippen MR) is 75.7 cm³/mol. The normalized spacial score (nSPS) is 10.4. The molecule has 0 saturated heterocycles. The van der Waals surface area contributed by atoms with Gasteiger partial charge in [-0.05, 0) is 43.5 Å². The van der Waals surface area contributed by atoms with Crippen LogP contribution in [0.1, 0.15) is 25.7 Å². The van der Waals surface area contributed by atoms with Crippen LogP contribution in [0.2, 0.25) is 0 Å². The Balaban J connectivity index is 2.05. The third kappa shape index (κ3) is 7.85. The summed E-state index contributed by atoms with van der Waals surface area (Å²) in [5.41, 5.74) is 0. The third-order valence-corrected chi connectivity index (χ3v) is 3.58. The zero-order valence-electron chi connectivity index (χ0n) is 10.9. The number of thioether (sulfide) groups is 1. The van der Waals surface area contributed by atoms with Crippen molar-refractivity contribution in [2.24, 2.45) is 0 Å². The number of hydrogen-bond donors (Lipinski definition) is 2. The van der Waals surface area contributed by atoms with Crippen LogP contribution in [-0.4, -0.2) is 29.9 Å². The third-order valence-electron chi connectivity index (χ3n) is 2.57. The van der Waals surface area contributed by atoms with Gasteiger partial charge in [0.25, 0.3) is 0 Å². The summed E-state index contributed by atoms with van der Waals surface area (Å²) < 4.78 is 12.7. The maximum atomic E-state index is 12.7. The van der Waals surface area contributed by atoms with Crippen molar-refractivity contribution in [2.75, 3.05) is 18.9 Å². The molecule has 0 unspecified atom stereocenters. The number of rotatable bonds is 9. The average molecular weight is 285 g/mol. The lowest BCUT2D eigenvalue weighted by Gasteiger charge is -2.05. The molecule has 0 bridgehead atoms. The Bertz CT molecular complexity index is 370. The van der Waals surface area contributed by atoms with Gasteiger partial charge in [0.15, 0.2) is 0 Å². The maximum Gasteiger partial charge on any atom is 0.220 e. The Morgan fingerprint density at radius 1 is 1.21 bits per heavy atom. The largest absolute Gasteiger partial charge is 0.396 e. The van der Waals surface area contributed by atoms with E-state index in [2.05, 4.69) is 5.32 Å². The van der Waals surface area contributed by atoms with Crippen molar-refractivity contribution in [3.8, 4) is 0 Å². The van der Waals surface area contributed by atoms with Gasteiger partial charge in [-0.1, -0.05) is 0 Å². The summed E-state index contributed by atoms with van der Waals surface area (Å²) in [6.45, 7) is 0.877. The number of carbonyl (C=O) groups is 1. The molecule has 106 valence electrons. The highest BCUT2D eigenvalue weighted by atomic mass is 32.2. The number of carbonyl (C=O) groups excluding carboxylic acids is 1. The molecule has 5 heteroatoms. The molecule has 0 aliphatic rings. The standard InChI is InChI=1S/C14H20FNO2S/c15-12-4-6-13(7-5-12)19-11-8-14(18)16-9-2-1-3-10-17/h4-7,17H,1-3,8-11H2,(H,16,18). The van der Waals surface area contributed by atoms with E-state index in [0.29, 0.717) is 18.7 Å². The van der Waals surface area contributed by atoms with E-state index in [4.69, 9.17) is 5.11 Å². The molecule has 0 aliphatic heterocycles. The fourth-order valence-corrected chi connectivity index (χ4v) is 2.37. The highest BCUT2D eigenvalue weighted by Gasteiger charge is 2.01. The van der Waals surface area contributed by atoms with E-state index in [-0.39, 0.29) is 18.3 Å². The molecule has 1 aromatic carbocycles. The molecule has 0 aliphatic carbocycles. The minimum absolute atomic E-state index is 0.0404. The van der Waals surface area contributed by atoms with Crippen LogP contribution in [0.15, 0.2) is 29.2 Å². The number of halogens is 1. The summed E-state index contributed by atoms with van der Waals surface area (Å²) in [5.74, 6) is 0.484. The molecule has 0 aromatic heterocycles. The SMILES string of the molecule is O=C(CCSc1ccc(F)cc1)NCCCCCO. The molecule has 1 aromatic rings. The molecule has 0 fully saturated rings. The fraction of sp³-hybridized carbons (Fsp3) is 0.500. The lowest BCUT2D eigenvalue weighted by Crippen LogP contribution is -2.24. The van der Waals surface area contributed by atoms with Crippen molar-refractivity contribution in [2.45, 2.75) is 30.6 Å². The van der Waals surface area contributed by atoms with Crippen LogP contribution < -0.4 is 5.32 Å². The minimum atomic E-state index is -0.245. The molecular weight excluding hydrogens is 265 g/mol. The monoisotopic (exact) mass is 285 g/mol. The molecule has 0 atom stereocenters. The number of aliphatic hydroxyl groups excluding tert-OH is 1. The van der Waals surface area contributed by atoms with Crippen LogP contribution in [0.25, 0.3) is 0 Å². The Morgan fingerprint density at radius 2 is 1.95 bits per heavy atom. The Morgan fingerprint density at radius 3 is 2.63 bits per heavy atom. The number of unbranched alkanes of at least 4 members (excludes halogenated alkanes) is 2. The molecule has 2 N–H and O–H groups in total. The smallest absolute Gasteiger partial charge is 0.220 e. The first-order valence-electron chi connectivity index (χ1n) is 6.48. The second-order valence-electron chi connectivity index (χ2n) is 4.19. The van der Waals surface area contributed by atoms with Gasteiger partial charge in [0, 0.05) is 30.2 Å². The Hall–Kier alpha value is -1.07. The van der Waals surface area contributed by atoms with Crippen molar-refractivity contribution >= 4 is 17.7 Å². The molecule has 0 heterocycles. The highest BCUT2D eigenvalue weighted by Crippen LogP contribution is 2.18. The topological polar surface area (TPSA) is 49.3 Å². The van der Waals surface area contributed by atoms with E-state index in [9.17, 15) is 9.18 Å². The summed E-state index contributed by atoms with van der Waals surface area (Å²) in [4.78, 5) is 12.5. The van der Waals surface area contributed by atoms with Gasteiger partial charge < -0.3 is 10.4 Å². The summed E-state index contributed by atoms with van der Waals surface area (Å²) in [6, 6.07) is 6.27. The quantitative estimate of drug-likeness (QED) is 0.541. The summed E-state index contributed by atoms with van der Waals surface area (Å²) in [5, 5.41) is 11.4. The van der Waals surface area contributed by atoms with Gasteiger partial charge in [-0.15, -0.1) is 11.8 Å². The first kappa shape index (κ1) is 16.0. The van der Waals surface area contributed by atoms with E-state index < -0.39 is 0 Å². The van der Waals surface area contributed by atoms with Crippen molar-refractivity contribution in [1.82, 2.24) is 5.32 Å². The second kappa shape index (κ2) is 9.81. The van der Waals surface area contributed by atoms with Gasteiger partial charge in [0.1, 0.15) is 5.82 Å².